The Bertz CT molecular complexity index is 488. The average molecular weight is 280 g/mol. The van der Waals surface area contributed by atoms with Crippen LogP contribution >= 0.6 is 0 Å². The van der Waals surface area contributed by atoms with E-state index in [1.54, 1.807) is 4.90 Å². The van der Waals surface area contributed by atoms with Crippen LogP contribution in [0.25, 0.3) is 0 Å². The summed E-state index contributed by atoms with van der Waals surface area (Å²) >= 11 is 0. The SMILES string of the molecule is C=C(CN1CCC(F)(F)C1)C(=O)NCc1ccccc1. The van der Waals surface area contributed by atoms with Gasteiger partial charge in [0.2, 0.25) is 5.91 Å². The van der Waals surface area contributed by atoms with Crippen LogP contribution in [0.1, 0.15) is 12.0 Å². The summed E-state index contributed by atoms with van der Waals surface area (Å²) in [5.41, 5.74) is 1.31. The first-order chi connectivity index (χ1) is 9.46. The van der Waals surface area contributed by atoms with Crippen LogP contribution in [-0.2, 0) is 11.3 Å². The van der Waals surface area contributed by atoms with Crippen LogP contribution in [0.3, 0.4) is 0 Å². The molecule has 1 aliphatic heterocycles. The molecule has 1 heterocycles. The Morgan fingerprint density at radius 3 is 2.65 bits per heavy atom. The van der Waals surface area contributed by atoms with Gasteiger partial charge in [-0.15, -0.1) is 0 Å². The van der Waals surface area contributed by atoms with E-state index in [-0.39, 0.29) is 25.4 Å². The fourth-order valence-electron chi connectivity index (χ4n) is 2.19. The molecule has 0 aromatic heterocycles. The van der Waals surface area contributed by atoms with E-state index in [4.69, 9.17) is 0 Å². The van der Waals surface area contributed by atoms with E-state index in [1.165, 1.54) is 0 Å². The molecule has 20 heavy (non-hydrogen) atoms. The van der Waals surface area contributed by atoms with E-state index in [1.807, 2.05) is 30.3 Å². The molecule has 1 N–H and O–H groups in total. The van der Waals surface area contributed by atoms with E-state index in [0.717, 1.165) is 5.56 Å². The van der Waals surface area contributed by atoms with Crippen LogP contribution in [0, 0.1) is 0 Å². The minimum absolute atomic E-state index is 0.147. The van der Waals surface area contributed by atoms with Crippen molar-refractivity contribution in [2.45, 2.75) is 18.9 Å². The molecule has 0 unspecified atom stereocenters. The van der Waals surface area contributed by atoms with Crippen molar-refractivity contribution in [2.75, 3.05) is 19.6 Å². The number of likely N-dealkylation sites (tertiary alicyclic amines) is 1. The highest BCUT2D eigenvalue weighted by atomic mass is 19.3. The molecule has 0 bridgehead atoms. The molecule has 0 spiro atoms. The zero-order chi connectivity index (χ0) is 14.6. The van der Waals surface area contributed by atoms with Crippen molar-refractivity contribution in [2.24, 2.45) is 0 Å². The molecule has 2 rings (SSSR count). The fraction of sp³-hybridized carbons (Fsp3) is 0.400. The van der Waals surface area contributed by atoms with Crippen LogP contribution in [0.5, 0.6) is 0 Å². The van der Waals surface area contributed by atoms with E-state index < -0.39 is 5.92 Å². The maximum absolute atomic E-state index is 13.0. The number of benzene rings is 1. The van der Waals surface area contributed by atoms with Gasteiger partial charge in [0, 0.05) is 31.6 Å². The predicted octanol–water partition coefficient (Wildman–Crippen LogP) is 2.20. The Kier molecular flexibility index (Phi) is 4.49. The number of amides is 1. The summed E-state index contributed by atoms with van der Waals surface area (Å²) in [6, 6.07) is 9.50. The largest absolute Gasteiger partial charge is 0.348 e. The van der Waals surface area contributed by atoms with Gasteiger partial charge < -0.3 is 5.32 Å². The highest BCUT2D eigenvalue weighted by Crippen LogP contribution is 2.26. The quantitative estimate of drug-likeness (QED) is 0.839. The van der Waals surface area contributed by atoms with E-state index in [2.05, 4.69) is 11.9 Å². The van der Waals surface area contributed by atoms with Crippen LogP contribution in [0.2, 0.25) is 0 Å². The minimum atomic E-state index is -2.64. The molecule has 3 nitrogen and oxygen atoms in total. The smallest absolute Gasteiger partial charge is 0.261 e. The van der Waals surface area contributed by atoms with Gasteiger partial charge in [-0.3, -0.25) is 9.69 Å². The van der Waals surface area contributed by atoms with Gasteiger partial charge in [0.05, 0.1) is 6.54 Å². The Balaban J connectivity index is 1.77. The van der Waals surface area contributed by atoms with Crippen molar-refractivity contribution < 1.29 is 13.6 Å². The maximum atomic E-state index is 13.0. The van der Waals surface area contributed by atoms with Crippen molar-refractivity contribution >= 4 is 5.91 Å². The molecule has 0 aliphatic carbocycles. The summed E-state index contributed by atoms with van der Waals surface area (Å²) in [5, 5.41) is 2.74. The number of nitrogens with zero attached hydrogens (tertiary/aromatic N) is 1. The molecule has 1 amide bonds. The molecule has 1 aromatic rings. The summed E-state index contributed by atoms with van der Waals surface area (Å²) in [6.45, 7) is 4.29. The van der Waals surface area contributed by atoms with E-state index in [0.29, 0.717) is 18.7 Å². The summed E-state index contributed by atoms with van der Waals surface area (Å²) < 4.78 is 26.1. The van der Waals surface area contributed by atoms with Gasteiger partial charge >= 0.3 is 0 Å². The zero-order valence-corrected chi connectivity index (χ0v) is 11.2. The summed E-state index contributed by atoms with van der Waals surface area (Å²) in [7, 11) is 0. The second-order valence-corrected chi connectivity index (χ2v) is 5.09. The van der Waals surface area contributed by atoms with Gasteiger partial charge in [-0.05, 0) is 5.56 Å². The number of halogens is 2. The normalized spacial score (nSPS) is 17.9. The number of nitrogens with one attached hydrogen (secondary N) is 1. The number of rotatable bonds is 5. The van der Waals surface area contributed by atoms with Gasteiger partial charge in [0.25, 0.3) is 5.92 Å². The maximum Gasteiger partial charge on any atom is 0.261 e. The Morgan fingerprint density at radius 2 is 2.05 bits per heavy atom. The summed E-state index contributed by atoms with van der Waals surface area (Å²) in [4.78, 5) is 13.4. The molecule has 0 saturated carbocycles. The van der Waals surface area contributed by atoms with E-state index >= 15 is 0 Å². The average Bonchev–Trinajstić information content (AvgIpc) is 2.76. The highest BCUT2D eigenvalue weighted by molar-refractivity contribution is 5.93. The van der Waals surface area contributed by atoms with Gasteiger partial charge in [0.1, 0.15) is 0 Å². The third-order valence-corrected chi connectivity index (χ3v) is 3.28. The lowest BCUT2D eigenvalue weighted by Crippen LogP contribution is -2.32. The topological polar surface area (TPSA) is 32.3 Å². The first-order valence-corrected chi connectivity index (χ1v) is 6.56. The van der Waals surface area contributed by atoms with Crippen molar-refractivity contribution in [3.63, 3.8) is 0 Å². The first-order valence-electron chi connectivity index (χ1n) is 6.56. The zero-order valence-electron chi connectivity index (χ0n) is 11.2. The number of carbonyl (C=O) groups excluding carboxylic acids is 1. The summed E-state index contributed by atoms with van der Waals surface area (Å²) in [5.74, 6) is -2.93. The third-order valence-electron chi connectivity index (χ3n) is 3.28. The summed E-state index contributed by atoms with van der Waals surface area (Å²) in [6.07, 6.45) is -0.147. The second-order valence-electron chi connectivity index (χ2n) is 5.09. The van der Waals surface area contributed by atoms with Crippen molar-refractivity contribution in [1.82, 2.24) is 10.2 Å². The number of hydrogen-bond acceptors (Lipinski definition) is 2. The number of hydrogen-bond donors (Lipinski definition) is 1. The molecular formula is C15H18F2N2O. The Labute approximate surface area is 117 Å². The first kappa shape index (κ1) is 14.7. The fourth-order valence-corrected chi connectivity index (χ4v) is 2.19. The molecule has 1 saturated heterocycles. The van der Waals surface area contributed by atoms with Crippen LogP contribution < -0.4 is 5.32 Å². The lowest BCUT2D eigenvalue weighted by molar-refractivity contribution is -0.117. The minimum Gasteiger partial charge on any atom is -0.348 e. The van der Waals surface area contributed by atoms with Gasteiger partial charge in [0.15, 0.2) is 0 Å². The Hall–Kier alpha value is -1.75. The lowest BCUT2D eigenvalue weighted by Gasteiger charge is -2.16. The monoisotopic (exact) mass is 280 g/mol. The standard InChI is InChI=1S/C15H18F2N2O/c1-12(10-19-8-7-15(16,17)11-19)14(20)18-9-13-5-3-2-4-6-13/h2-6H,1,7-11H2,(H,18,20). The molecule has 1 aliphatic rings. The molecule has 108 valence electrons. The molecule has 5 heteroatoms. The van der Waals surface area contributed by atoms with Gasteiger partial charge in [-0.25, -0.2) is 8.78 Å². The van der Waals surface area contributed by atoms with Crippen LogP contribution in [0.4, 0.5) is 8.78 Å². The van der Waals surface area contributed by atoms with Crippen molar-refractivity contribution in [3.8, 4) is 0 Å². The number of carbonyl (C=O) groups is 1. The van der Waals surface area contributed by atoms with E-state index in [9.17, 15) is 13.6 Å². The third kappa shape index (κ3) is 4.13. The molecule has 1 aromatic carbocycles. The van der Waals surface area contributed by atoms with Crippen LogP contribution in [-0.4, -0.2) is 36.4 Å². The van der Waals surface area contributed by atoms with Crippen molar-refractivity contribution in [3.05, 3.63) is 48.0 Å². The molecule has 0 atom stereocenters. The molecule has 1 fully saturated rings. The lowest BCUT2D eigenvalue weighted by atomic mass is 10.2. The Morgan fingerprint density at radius 1 is 1.35 bits per heavy atom. The highest BCUT2D eigenvalue weighted by Gasteiger charge is 2.38. The van der Waals surface area contributed by atoms with Crippen molar-refractivity contribution in [1.29, 1.82) is 0 Å². The van der Waals surface area contributed by atoms with Gasteiger partial charge in [-0.1, -0.05) is 36.9 Å². The number of alkyl halides is 2. The second kappa shape index (κ2) is 6.13. The molecular weight excluding hydrogens is 262 g/mol. The van der Waals surface area contributed by atoms with Crippen LogP contribution in [0.15, 0.2) is 42.5 Å². The predicted molar refractivity (Wildman–Crippen MR) is 73.4 cm³/mol. The van der Waals surface area contributed by atoms with Gasteiger partial charge in [-0.2, -0.15) is 0 Å². The molecule has 0 radical (unpaired) electrons.